The van der Waals surface area contributed by atoms with E-state index in [0.29, 0.717) is 18.0 Å². The Labute approximate surface area is 109 Å². The zero-order valence-corrected chi connectivity index (χ0v) is 11.9. The topological polar surface area (TPSA) is 66.4 Å². The fourth-order valence-electron chi connectivity index (χ4n) is 1.49. The molecule has 0 saturated carbocycles. The van der Waals surface area contributed by atoms with Gasteiger partial charge in [0, 0.05) is 13.1 Å². The SMILES string of the molecule is CCS(=O)(=O)c1ccc(CNCC(C)(C)O)cc1. The summed E-state index contributed by atoms with van der Waals surface area (Å²) in [6.45, 7) is 6.19. The Morgan fingerprint density at radius 2 is 1.78 bits per heavy atom. The Hall–Kier alpha value is -0.910. The van der Waals surface area contributed by atoms with Gasteiger partial charge in [0.15, 0.2) is 9.84 Å². The summed E-state index contributed by atoms with van der Waals surface area (Å²) >= 11 is 0. The molecule has 0 aliphatic heterocycles. The Bertz CT molecular complexity index is 472. The Kier molecular flexibility index (Phi) is 4.90. The predicted molar refractivity (Wildman–Crippen MR) is 72.2 cm³/mol. The van der Waals surface area contributed by atoms with Crippen molar-refractivity contribution >= 4 is 9.84 Å². The van der Waals surface area contributed by atoms with Crippen LogP contribution in [0.5, 0.6) is 0 Å². The van der Waals surface area contributed by atoms with Crippen molar-refractivity contribution in [2.24, 2.45) is 0 Å². The highest BCUT2D eigenvalue weighted by Gasteiger charge is 2.12. The Morgan fingerprint density at radius 1 is 1.22 bits per heavy atom. The highest BCUT2D eigenvalue weighted by molar-refractivity contribution is 7.91. The van der Waals surface area contributed by atoms with Gasteiger partial charge in [0.05, 0.1) is 16.2 Å². The molecule has 0 atom stereocenters. The summed E-state index contributed by atoms with van der Waals surface area (Å²) in [6.07, 6.45) is 0. The van der Waals surface area contributed by atoms with E-state index in [1.54, 1.807) is 45.0 Å². The van der Waals surface area contributed by atoms with E-state index >= 15 is 0 Å². The summed E-state index contributed by atoms with van der Waals surface area (Å²) in [4.78, 5) is 0.358. The lowest BCUT2D eigenvalue weighted by molar-refractivity contribution is 0.0795. The first-order valence-corrected chi connectivity index (χ1v) is 7.64. The number of benzene rings is 1. The molecular formula is C13H21NO3S. The minimum atomic E-state index is -3.12. The Balaban J connectivity index is 2.62. The maximum atomic E-state index is 11.6. The molecule has 18 heavy (non-hydrogen) atoms. The fraction of sp³-hybridized carbons (Fsp3) is 0.538. The summed E-state index contributed by atoms with van der Waals surface area (Å²) in [5.41, 5.74) is 0.250. The molecule has 0 radical (unpaired) electrons. The molecule has 4 nitrogen and oxygen atoms in total. The zero-order valence-electron chi connectivity index (χ0n) is 11.1. The number of sulfone groups is 1. The molecule has 0 heterocycles. The molecule has 0 fully saturated rings. The first-order valence-electron chi connectivity index (χ1n) is 5.99. The lowest BCUT2D eigenvalue weighted by atomic mass is 10.1. The minimum absolute atomic E-state index is 0.114. The van der Waals surface area contributed by atoms with Gasteiger partial charge >= 0.3 is 0 Å². The molecule has 0 aromatic heterocycles. The van der Waals surface area contributed by atoms with Gasteiger partial charge in [-0.3, -0.25) is 0 Å². The summed E-state index contributed by atoms with van der Waals surface area (Å²) in [5.74, 6) is 0.114. The molecule has 1 aromatic carbocycles. The third-order valence-corrected chi connectivity index (χ3v) is 4.30. The van der Waals surface area contributed by atoms with E-state index < -0.39 is 15.4 Å². The van der Waals surface area contributed by atoms with Crippen LogP contribution in [-0.4, -0.2) is 31.4 Å². The van der Waals surface area contributed by atoms with E-state index in [2.05, 4.69) is 5.32 Å². The van der Waals surface area contributed by atoms with Crippen LogP contribution < -0.4 is 5.32 Å². The lowest BCUT2D eigenvalue weighted by Crippen LogP contribution is -2.34. The van der Waals surface area contributed by atoms with Gasteiger partial charge in [-0.05, 0) is 31.5 Å². The van der Waals surface area contributed by atoms with E-state index in [9.17, 15) is 13.5 Å². The third-order valence-electron chi connectivity index (χ3n) is 2.55. The van der Waals surface area contributed by atoms with Crippen LogP contribution in [0.25, 0.3) is 0 Å². The van der Waals surface area contributed by atoms with Crippen LogP contribution in [0.1, 0.15) is 26.3 Å². The molecule has 1 rings (SSSR count). The molecule has 0 bridgehead atoms. The molecule has 0 spiro atoms. The predicted octanol–water partition coefficient (Wildman–Crippen LogP) is 1.34. The molecule has 0 saturated heterocycles. The van der Waals surface area contributed by atoms with Crippen molar-refractivity contribution in [2.45, 2.75) is 37.8 Å². The zero-order chi connectivity index (χ0) is 13.8. The summed E-state index contributed by atoms with van der Waals surface area (Å²) < 4.78 is 23.2. The molecule has 2 N–H and O–H groups in total. The Morgan fingerprint density at radius 3 is 2.22 bits per heavy atom. The van der Waals surface area contributed by atoms with E-state index in [1.165, 1.54) is 0 Å². The molecule has 1 aromatic rings. The number of hydrogen-bond acceptors (Lipinski definition) is 4. The van der Waals surface area contributed by atoms with Crippen LogP contribution in [-0.2, 0) is 16.4 Å². The first kappa shape index (κ1) is 15.1. The van der Waals surface area contributed by atoms with Gasteiger partial charge in [-0.1, -0.05) is 19.1 Å². The molecule has 0 amide bonds. The second-order valence-corrected chi connectivity index (χ2v) is 7.24. The van der Waals surface area contributed by atoms with Crippen LogP contribution in [0.2, 0.25) is 0 Å². The van der Waals surface area contributed by atoms with Crippen LogP contribution in [0.3, 0.4) is 0 Å². The van der Waals surface area contributed by atoms with Gasteiger partial charge in [0.2, 0.25) is 0 Å². The molecule has 5 heteroatoms. The largest absolute Gasteiger partial charge is 0.389 e. The number of nitrogens with one attached hydrogen (secondary N) is 1. The van der Waals surface area contributed by atoms with E-state index in [0.717, 1.165) is 5.56 Å². The van der Waals surface area contributed by atoms with Crippen LogP contribution >= 0.6 is 0 Å². The number of aliphatic hydroxyl groups is 1. The summed E-state index contributed by atoms with van der Waals surface area (Å²) in [5, 5.41) is 12.7. The maximum Gasteiger partial charge on any atom is 0.178 e. The normalized spacial score (nSPS) is 12.7. The quantitative estimate of drug-likeness (QED) is 0.819. The van der Waals surface area contributed by atoms with Gasteiger partial charge in [0.25, 0.3) is 0 Å². The lowest BCUT2D eigenvalue weighted by Gasteiger charge is -2.17. The fourth-order valence-corrected chi connectivity index (χ4v) is 2.38. The summed E-state index contributed by atoms with van der Waals surface area (Å²) in [6, 6.07) is 6.83. The van der Waals surface area contributed by atoms with Crippen molar-refractivity contribution in [1.82, 2.24) is 5.32 Å². The van der Waals surface area contributed by atoms with E-state index in [-0.39, 0.29) is 5.75 Å². The van der Waals surface area contributed by atoms with Crippen LogP contribution in [0.4, 0.5) is 0 Å². The average molecular weight is 271 g/mol. The van der Waals surface area contributed by atoms with Gasteiger partial charge in [-0.2, -0.15) is 0 Å². The van der Waals surface area contributed by atoms with E-state index in [1.807, 2.05) is 0 Å². The second-order valence-electron chi connectivity index (χ2n) is 4.96. The molecular weight excluding hydrogens is 250 g/mol. The highest BCUT2D eigenvalue weighted by atomic mass is 32.2. The molecule has 102 valence electrons. The maximum absolute atomic E-state index is 11.6. The highest BCUT2D eigenvalue weighted by Crippen LogP contribution is 2.12. The second kappa shape index (κ2) is 5.82. The van der Waals surface area contributed by atoms with Gasteiger partial charge in [0.1, 0.15) is 0 Å². The number of hydrogen-bond donors (Lipinski definition) is 2. The van der Waals surface area contributed by atoms with Crippen LogP contribution in [0.15, 0.2) is 29.2 Å². The van der Waals surface area contributed by atoms with E-state index in [4.69, 9.17) is 0 Å². The monoisotopic (exact) mass is 271 g/mol. The third kappa shape index (κ3) is 4.76. The van der Waals surface area contributed by atoms with Crippen LogP contribution in [0, 0.1) is 0 Å². The minimum Gasteiger partial charge on any atom is -0.389 e. The van der Waals surface area contributed by atoms with Crippen molar-refractivity contribution in [3.8, 4) is 0 Å². The molecule has 0 unspecified atom stereocenters. The van der Waals surface area contributed by atoms with Crippen molar-refractivity contribution in [3.63, 3.8) is 0 Å². The molecule has 0 aliphatic carbocycles. The van der Waals surface area contributed by atoms with Crippen molar-refractivity contribution in [1.29, 1.82) is 0 Å². The van der Waals surface area contributed by atoms with Crippen molar-refractivity contribution < 1.29 is 13.5 Å². The molecule has 0 aliphatic rings. The summed E-state index contributed by atoms with van der Waals surface area (Å²) in [7, 11) is -3.12. The number of rotatable bonds is 6. The average Bonchev–Trinajstić information content (AvgIpc) is 2.28. The van der Waals surface area contributed by atoms with Gasteiger partial charge in [-0.15, -0.1) is 0 Å². The van der Waals surface area contributed by atoms with Crippen molar-refractivity contribution in [2.75, 3.05) is 12.3 Å². The van der Waals surface area contributed by atoms with Gasteiger partial charge in [-0.25, -0.2) is 8.42 Å². The first-order chi connectivity index (χ1) is 8.24. The smallest absolute Gasteiger partial charge is 0.178 e. The van der Waals surface area contributed by atoms with Gasteiger partial charge < -0.3 is 10.4 Å². The van der Waals surface area contributed by atoms with Crippen molar-refractivity contribution in [3.05, 3.63) is 29.8 Å². The standard InChI is InChI=1S/C13H21NO3S/c1-4-18(16,17)12-7-5-11(6-8-12)9-14-10-13(2,3)15/h5-8,14-15H,4,9-10H2,1-3H3.